The van der Waals surface area contributed by atoms with Gasteiger partial charge in [-0.3, -0.25) is 10.1 Å². The average molecular weight is 480 g/mol. The minimum Gasteiger partial charge on any atom is -0.436 e. The van der Waals surface area contributed by atoms with Crippen LogP contribution in [0.4, 0.5) is 5.69 Å². The van der Waals surface area contributed by atoms with E-state index in [2.05, 4.69) is 36.6 Å². The van der Waals surface area contributed by atoms with E-state index in [0.29, 0.717) is 17.4 Å². The molecule has 0 fully saturated rings. The minimum absolute atomic E-state index is 0.224. The monoisotopic (exact) mass is 479 g/mol. The van der Waals surface area contributed by atoms with Gasteiger partial charge in [-0.25, -0.2) is 4.98 Å². The van der Waals surface area contributed by atoms with E-state index in [1.54, 1.807) is 6.07 Å². The SMILES string of the molecule is Cc1ccc(-c2nc3cc(C(C)C)ccc3o2)cc1NC(=S)NC(=O)c1cccc2ccccc12. The molecule has 5 rings (SSSR count). The van der Waals surface area contributed by atoms with Crippen LogP contribution in [-0.4, -0.2) is 16.0 Å². The standard InChI is InChI=1S/C29H25N3O2S/c1-17(2)20-13-14-26-25(15-20)30-28(34-26)21-12-11-18(3)24(16-21)31-29(35)32-27(33)23-10-6-8-19-7-4-5-9-22(19)23/h4-17H,1-3H3,(H2,31,32,33,35). The number of benzene rings is 4. The normalized spacial score (nSPS) is 11.2. The summed E-state index contributed by atoms with van der Waals surface area (Å²) in [5.74, 6) is 0.697. The largest absolute Gasteiger partial charge is 0.436 e. The summed E-state index contributed by atoms with van der Waals surface area (Å²) >= 11 is 5.46. The van der Waals surface area contributed by atoms with Gasteiger partial charge in [0.1, 0.15) is 5.52 Å². The van der Waals surface area contributed by atoms with Crippen molar-refractivity contribution in [2.24, 2.45) is 0 Å². The van der Waals surface area contributed by atoms with Gasteiger partial charge < -0.3 is 9.73 Å². The zero-order valence-electron chi connectivity index (χ0n) is 19.8. The third-order valence-electron chi connectivity index (χ3n) is 6.07. The molecule has 4 aromatic carbocycles. The van der Waals surface area contributed by atoms with E-state index in [4.69, 9.17) is 21.6 Å². The predicted molar refractivity (Wildman–Crippen MR) is 146 cm³/mol. The number of rotatable bonds is 4. The lowest BCUT2D eigenvalue weighted by molar-refractivity contribution is 0.0979. The van der Waals surface area contributed by atoms with Crippen LogP contribution in [0, 0.1) is 6.92 Å². The highest BCUT2D eigenvalue weighted by Crippen LogP contribution is 2.29. The summed E-state index contributed by atoms with van der Waals surface area (Å²) in [6.45, 7) is 6.28. The van der Waals surface area contributed by atoms with Gasteiger partial charge in [-0.1, -0.05) is 62.4 Å². The Morgan fingerprint density at radius 1 is 0.971 bits per heavy atom. The molecule has 1 heterocycles. The molecule has 5 aromatic rings. The highest BCUT2D eigenvalue weighted by molar-refractivity contribution is 7.80. The van der Waals surface area contributed by atoms with Crippen molar-refractivity contribution in [2.75, 3.05) is 5.32 Å². The number of hydrogen-bond donors (Lipinski definition) is 2. The number of nitrogens with one attached hydrogen (secondary N) is 2. The number of oxazole rings is 1. The van der Waals surface area contributed by atoms with E-state index in [-0.39, 0.29) is 11.0 Å². The Kier molecular flexibility index (Phi) is 6.05. The van der Waals surface area contributed by atoms with Gasteiger partial charge in [0.25, 0.3) is 5.91 Å². The van der Waals surface area contributed by atoms with E-state index in [1.165, 1.54) is 5.56 Å². The molecule has 0 atom stereocenters. The Bertz CT molecular complexity index is 1580. The van der Waals surface area contributed by atoms with E-state index in [1.807, 2.05) is 67.6 Å². The molecule has 0 saturated heterocycles. The molecule has 0 saturated carbocycles. The molecule has 0 aliphatic carbocycles. The Hall–Kier alpha value is -4.03. The molecular weight excluding hydrogens is 454 g/mol. The number of hydrogen-bond acceptors (Lipinski definition) is 4. The fourth-order valence-electron chi connectivity index (χ4n) is 4.06. The average Bonchev–Trinajstić information content (AvgIpc) is 3.28. The van der Waals surface area contributed by atoms with Crippen molar-refractivity contribution in [3.05, 3.63) is 95.6 Å². The van der Waals surface area contributed by atoms with Crippen LogP contribution < -0.4 is 10.6 Å². The van der Waals surface area contributed by atoms with Gasteiger partial charge in [0.2, 0.25) is 5.89 Å². The smallest absolute Gasteiger partial charge is 0.258 e. The molecule has 0 aliphatic heterocycles. The second kappa shape index (κ2) is 9.31. The molecule has 6 heteroatoms. The lowest BCUT2D eigenvalue weighted by Crippen LogP contribution is -2.34. The van der Waals surface area contributed by atoms with Crippen molar-refractivity contribution in [1.82, 2.24) is 10.3 Å². The van der Waals surface area contributed by atoms with Gasteiger partial charge in [-0.2, -0.15) is 0 Å². The van der Waals surface area contributed by atoms with E-state index >= 15 is 0 Å². The second-order valence-electron chi connectivity index (χ2n) is 8.87. The fourth-order valence-corrected chi connectivity index (χ4v) is 4.27. The molecule has 5 nitrogen and oxygen atoms in total. The molecule has 0 aliphatic rings. The molecule has 0 spiro atoms. The number of carbonyl (C=O) groups excluding carboxylic acids is 1. The fraction of sp³-hybridized carbons (Fsp3) is 0.138. The van der Waals surface area contributed by atoms with Crippen LogP contribution in [0.3, 0.4) is 0 Å². The Morgan fingerprint density at radius 2 is 1.77 bits per heavy atom. The van der Waals surface area contributed by atoms with Gasteiger partial charge in [-0.15, -0.1) is 0 Å². The van der Waals surface area contributed by atoms with Crippen LogP contribution in [-0.2, 0) is 0 Å². The predicted octanol–water partition coefficient (Wildman–Crippen LogP) is 7.21. The third-order valence-corrected chi connectivity index (χ3v) is 6.28. The summed E-state index contributed by atoms with van der Waals surface area (Å²) in [7, 11) is 0. The molecule has 35 heavy (non-hydrogen) atoms. The summed E-state index contributed by atoms with van der Waals surface area (Å²) in [6.07, 6.45) is 0. The van der Waals surface area contributed by atoms with E-state index in [0.717, 1.165) is 38.7 Å². The topological polar surface area (TPSA) is 67.2 Å². The highest BCUT2D eigenvalue weighted by atomic mass is 32.1. The van der Waals surface area contributed by atoms with Gasteiger partial charge >= 0.3 is 0 Å². The molecule has 2 N–H and O–H groups in total. The molecular formula is C29H25N3O2S. The van der Waals surface area contributed by atoms with Crippen molar-refractivity contribution >= 4 is 50.8 Å². The first-order chi connectivity index (χ1) is 16.9. The zero-order chi connectivity index (χ0) is 24.5. The Balaban J connectivity index is 1.37. The van der Waals surface area contributed by atoms with Gasteiger partial charge in [-0.05, 0) is 77.3 Å². The van der Waals surface area contributed by atoms with Crippen LogP contribution in [0.1, 0.15) is 41.3 Å². The lowest BCUT2D eigenvalue weighted by Gasteiger charge is -2.13. The van der Waals surface area contributed by atoms with E-state index in [9.17, 15) is 4.79 Å². The number of thiocarbonyl (C=S) groups is 1. The number of anilines is 1. The van der Waals surface area contributed by atoms with Crippen molar-refractivity contribution in [2.45, 2.75) is 26.7 Å². The lowest BCUT2D eigenvalue weighted by atomic mass is 10.0. The maximum absolute atomic E-state index is 12.9. The maximum atomic E-state index is 12.9. The number of amides is 1. The third kappa shape index (κ3) is 4.66. The number of fused-ring (bicyclic) bond motifs is 2. The molecule has 0 unspecified atom stereocenters. The van der Waals surface area contributed by atoms with Crippen molar-refractivity contribution in [1.29, 1.82) is 0 Å². The second-order valence-corrected chi connectivity index (χ2v) is 9.27. The summed E-state index contributed by atoms with van der Waals surface area (Å²) in [4.78, 5) is 17.6. The van der Waals surface area contributed by atoms with Gasteiger partial charge in [0.15, 0.2) is 10.7 Å². The van der Waals surface area contributed by atoms with E-state index < -0.39 is 0 Å². The first kappa shape index (κ1) is 22.7. The maximum Gasteiger partial charge on any atom is 0.258 e. The van der Waals surface area contributed by atoms with Crippen LogP contribution in [0.25, 0.3) is 33.3 Å². The molecule has 0 radical (unpaired) electrons. The molecule has 1 aromatic heterocycles. The molecule has 0 bridgehead atoms. The van der Waals surface area contributed by atoms with Crippen molar-refractivity contribution < 1.29 is 9.21 Å². The van der Waals surface area contributed by atoms with Crippen LogP contribution in [0.2, 0.25) is 0 Å². The van der Waals surface area contributed by atoms with Gasteiger partial charge in [0, 0.05) is 16.8 Å². The quantitative estimate of drug-likeness (QED) is 0.267. The van der Waals surface area contributed by atoms with Crippen LogP contribution in [0.15, 0.2) is 83.3 Å². The molecule has 174 valence electrons. The summed E-state index contributed by atoms with van der Waals surface area (Å²) in [6, 6.07) is 25.4. The number of nitrogens with zero attached hydrogens (tertiary/aromatic N) is 1. The number of aryl methyl sites for hydroxylation is 1. The number of carbonyl (C=O) groups is 1. The Morgan fingerprint density at radius 3 is 2.60 bits per heavy atom. The summed E-state index contributed by atoms with van der Waals surface area (Å²) in [5.41, 5.74) is 5.95. The summed E-state index contributed by atoms with van der Waals surface area (Å²) in [5, 5.41) is 8.07. The Labute approximate surface area is 209 Å². The molecule has 1 amide bonds. The summed E-state index contributed by atoms with van der Waals surface area (Å²) < 4.78 is 6.01. The van der Waals surface area contributed by atoms with Gasteiger partial charge in [0.05, 0.1) is 0 Å². The minimum atomic E-state index is -0.256. The number of aromatic nitrogens is 1. The highest BCUT2D eigenvalue weighted by Gasteiger charge is 2.14. The first-order valence-corrected chi connectivity index (χ1v) is 11.9. The first-order valence-electron chi connectivity index (χ1n) is 11.5. The van der Waals surface area contributed by atoms with Crippen LogP contribution in [0.5, 0.6) is 0 Å². The van der Waals surface area contributed by atoms with Crippen LogP contribution >= 0.6 is 12.2 Å². The zero-order valence-corrected chi connectivity index (χ0v) is 20.6. The van der Waals surface area contributed by atoms with Crippen molar-refractivity contribution in [3.63, 3.8) is 0 Å². The van der Waals surface area contributed by atoms with Crippen molar-refractivity contribution in [3.8, 4) is 11.5 Å².